The van der Waals surface area contributed by atoms with Gasteiger partial charge in [0, 0.05) is 25.5 Å². The Kier molecular flexibility index (Phi) is 4.51. The minimum Gasteiger partial charge on any atom is -0.395 e. The van der Waals surface area contributed by atoms with Crippen LogP contribution in [0.5, 0.6) is 0 Å². The Morgan fingerprint density at radius 2 is 2.00 bits per heavy atom. The molecule has 1 saturated heterocycles. The number of aliphatic hydroxyl groups is 1. The maximum atomic E-state index is 13.2. The summed E-state index contributed by atoms with van der Waals surface area (Å²) in [6.45, 7) is -1.74. The topological polar surface area (TPSA) is 86.3 Å². The number of rotatable bonds is 3. The highest BCUT2D eigenvalue weighted by Gasteiger charge is 2.56. The molecule has 0 amide bonds. The predicted molar refractivity (Wildman–Crippen MR) is 84.7 cm³/mol. The molecule has 0 spiro atoms. The third-order valence-electron chi connectivity index (χ3n) is 4.69. The molecule has 25 heavy (non-hydrogen) atoms. The molecule has 2 aromatic heterocycles. The Morgan fingerprint density at radius 3 is 2.56 bits per heavy atom. The second-order valence-corrected chi connectivity index (χ2v) is 8.32. The van der Waals surface area contributed by atoms with E-state index in [1.54, 1.807) is 0 Å². The summed E-state index contributed by atoms with van der Waals surface area (Å²) in [5, 5.41) is 9.60. The van der Waals surface area contributed by atoms with Gasteiger partial charge in [-0.1, -0.05) is 11.6 Å². The van der Waals surface area contributed by atoms with Crippen molar-refractivity contribution in [3.8, 4) is 0 Å². The van der Waals surface area contributed by atoms with Crippen LogP contribution in [0.2, 0.25) is 5.02 Å². The van der Waals surface area contributed by atoms with Crippen LogP contribution in [-0.4, -0.2) is 53.7 Å². The number of nitrogens with one attached hydrogen (secondary N) is 1. The number of fused-ring (bicyclic) bond motifs is 1. The first-order valence-corrected chi connectivity index (χ1v) is 9.23. The first-order chi connectivity index (χ1) is 11.6. The molecule has 2 N–H and O–H groups in total. The molecule has 11 heteroatoms. The lowest BCUT2D eigenvalue weighted by molar-refractivity contribution is -0.246. The average molecular weight is 398 g/mol. The van der Waals surface area contributed by atoms with Gasteiger partial charge in [0.2, 0.25) is 10.0 Å². The minimum atomic E-state index is -4.59. The van der Waals surface area contributed by atoms with Crippen LogP contribution >= 0.6 is 11.6 Å². The second kappa shape index (κ2) is 6.11. The van der Waals surface area contributed by atoms with Gasteiger partial charge in [-0.05, 0) is 18.9 Å². The van der Waals surface area contributed by atoms with Gasteiger partial charge < -0.3 is 10.1 Å². The van der Waals surface area contributed by atoms with E-state index < -0.39 is 41.1 Å². The number of alkyl halides is 3. The maximum absolute atomic E-state index is 13.2. The van der Waals surface area contributed by atoms with Crippen LogP contribution in [-0.2, 0) is 10.0 Å². The summed E-state index contributed by atoms with van der Waals surface area (Å²) in [6.07, 6.45) is -2.94. The zero-order valence-electron chi connectivity index (χ0n) is 12.8. The number of H-pyrrole nitrogens is 1. The Bertz CT molecular complexity index is 890. The molecule has 138 valence electrons. The first kappa shape index (κ1) is 18.4. The van der Waals surface area contributed by atoms with Gasteiger partial charge in [0.15, 0.2) is 0 Å². The van der Waals surface area contributed by atoms with E-state index >= 15 is 0 Å². The molecule has 0 aromatic carbocycles. The van der Waals surface area contributed by atoms with Gasteiger partial charge in [-0.15, -0.1) is 0 Å². The van der Waals surface area contributed by atoms with Crippen LogP contribution in [0.4, 0.5) is 13.2 Å². The van der Waals surface area contributed by atoms with Crippen LogP contribution in [0.25, 0.3) is 11.0 Å². The van der Waals surface area contributed by atoms with Crippen molar-refractivity contribution in [2.45, 2.75) is 23.9 Å². The molecule has 1 aliphatic heterocycles. The minimum absolute atomic E-state index is 0.121. The fourth-order valence-corrected chi connectivity index (χ4v) is 4.93. The van der Waals surface area contributed by atoms with E-state index in [9.17, 15) is 26.7 Å². The van der Waals surface area contributed by atoms with E-state index in [0.717, 1.165) is 4.31 Å². The van der Waals surface area contributed by atoms with E-state index in [4.69, 9.17) is 11.6 Å². The number of piperidine rings is 1. The third kappa shape index (κ3) is 2.90. The fourth-order valence-electron chi connectivity index (χ4n) is 3.02. The largest absolute Gasteiger partial charge is 0.396 e. The monoisotopic (exact) mass is 397 g/mol. The zero-order chi connectivity index (χ0) is 18.5. The molecule has 0 atom stereocenters. The van der Waals surface area contributed by atoms with Crippen LogP contribution in [0, 0.1) is 5.41 Å². The first-order valence-electron chi connectivity index (χ1n) is 7.42. The maximum Gasteiger partial charge on any atom is 0.396 e. The van der Waals surface area contributed by atoms with E-state index in [2.05, 4.69) is 9.97 Å². The standard InChI is InChI=1S/C14H15ClF3N3O3S/c15-9-1-4-19-12-11(9)10(7-20-12)25(23,24)21-5-2-13(8-22,3-6-21)14(16,17)18/h1,4,7,22H,2-3,5-6,8H2,(H,19,20). The molecule has 0 bridgehead atoms. The predicted octanol–water partition coefficient (Wildman–Crippen LogP) is 2.54. The van der Waals surface area contributed by atoms with E-state index in [-0.39, 0.29) is 34.0 Å². The number of hydrogen-bond donors (Lipinski definition) is 2. The number of halogens is 4. The summed E-state index contributed by atoms with van der Waals surface area (Å²) >= 11 is 6.05. The van der Waals surface area contributed by atoms with Gasteiger partial charge in [-0.25, -0.2) is 13.4 Å². The number of nitrogens with zero attached hydrogens (tertiary/aromatic N) is 2. The second-order valence-electron chi connectivity index (χ2n) is 6.01. The molecular formula is C14H15ClF3N3O3S. The molecule has 1 aliphatic rings. The molecule has 0 saturated carbocycles. The summed E-state index contributed by atoms with van der Waals surface area (Å²) in [6, 6.07) is 1.44. The summed E-state index contributed by atoms with van der Waals surface area (Å²) in [7, 11) is -4.04. The highest BCUT2D eigenvalue weighted by Crippen LogP contribution is 2.46. The van der Waals surface area contributed by atoms with Crippen molar-refractivity contribution in [2.24, 2.45) is 5.41 Å². The van der Waals surface area contributed by atoms with Crippen LogP contribution < -0.4 is 0 Å². The van der Waals surface area contributed by atoms with E-state index in [1.807, 2.05) is 0 Å². The van der Waals surface area contributed by atoms with E-state index in [0.29, 0.717) is 0 Å². The lowest BCUT2D eigenvalue weighted by atomic mass is 9.79. The molecule has 2 aromatic rings. The number of hydrogen-bond acceptors (Lipinski definition) is 4. The Morgan fingerprint density at radius 1 is 1.36 bits per heavy atom. The Hall–Kier alpha value is -1.36. The summed E-state index contributed by atoms with van der Waals surface area (Å²) in [5.41, 5.74) is -1.98. The van der Waals surface area contributed by atoms with Crippen LogP contribution in [0.1, 0.15) is 12.8 Å². The molecule has 6 nitrogen and oxygen atoms in total. The van der Waals surface area contributed by atoms with E-state index in [1.165, 1.54) is 18.5 Å². The van der Waals surface area contributed by atoms with Gasteiger partial charge in [-0.2, -0.15) is 17.5 Å². The number of pyridine rings is 1. The summed E-state index contributed by atoms with van der Waals surface area (Å²) in [4.78, 5) is 6.57. The highest BCUT2D eigenvalue weighted by atomic mass is 35.5. The zero-order valence-corrected chi connectivity index (χ0v) is 14.4. The van der Waals surface area contributed by atoms with Crippen molar-refractivity contribution >= 4 is 32.7 Å². The van der Waals surface area contributed by atoms with Crippen LogP contribution in [0.15, 0.2) is 23.4 Å². The van der Waals surface area contributed by atoms with Crippen molar-refractivity contribution < 1.29 is 26.7 Å². The van der Waals surface area contributed by atoms with Crippen LogP contribution in [0.3, 0.4) is 0 Å². The van der Waals surface area contributed by atoms with Crippen molar-refractivity contribution in [3.05, 3.63) is 23.5 Å². The summed E-state index contributed by atoms with van der Waals surface area (Å²) in [5.74, 6) is 0. The molecule has 0 unspecified atom stereocenters. The average Bonchev–Trinajstić information content (AvgIpc) is 3.00. The SMILES string of the molecule is O=S(=O)(c1c[nH]c2nccc(Cl)c12)N1CCC(CO)(C(F)(F)F)CC1. The number of aromatic amines is 1. The van der Waals surface area contributed by atoms with Gasteiger partial charge in [0.1, 0.15) is 10.5 Å². The lowest BCUT2D eigenvalue weighted by Gasteiger charge is -2.40. The van der Waals surface area contributed by atoms with Crippen molar-refractivity contribution in [3.63, 3.8) is 0 Å². The van der Waals surface area contributed by atoms with Crippen molar-refractivity contribution in [2.75, 3.05) is 19.7 Å². The summed E-state index contributed by atoms with van der Waals surface area (Å²) < 4.78 is 66.3. The van der Waals surface area contributed by atoms with Crippen molar-refractivity contribution in [1.82, 2.24) is 14.3 Å². The number of aliphatic hydroxyl groups excluding tert-OH is 1. The smallest absolute Gasteiger partial charge is 0.395 e. The highest BCUT2D eigenvalue weighted by molar-refractivity contribution is 7.89. The lowest BCUT2D eigenvalue weighted by Crippen LogP contribution is -2.51. The molecule has 0 aliphatic carbocycles. The van der Waals surface area contributed by atoms with Crippen molar-refractivity contribution in [1.29, 1.82) is 0 Å². The quantitative estimate of drug-likeness (QED) is 0.833. The molecule has 0 radical (unpaired) electrons. The fraction of sp³-hybridized carbons (Fsp3) is 0.500. The molecule has 3 rings (SSSR count). The normalized spacial score (nSPS) is 19.4. The van der Waals surface area contributed by atoms with Gasteiger partial charge >= 0.3 is 6.18 Å². The number of aromatic nitrogens is 2. The van der Waals surface area contributed by atoms with Gasteiger partial charge in [-0.3, -0.25) is 0 Å². The molecule has 1 fully saturated rings. The third-order valence-corrected chi connectivity index (χ3v) is 6.93. The van der Waals surface area contributed by atoms with Gasteiger partial charge in [0.25, 0.3) is 0 Å². The molecule has 3 heterocycles. The van der Waals surface area contributed by atoms with Gasteiger partial charge in [0.05, 0.1) is 22.4 Å². The Labute approximate surface area is 146 Å². The molecular weight excluding hydrogens is 383 g/mol. The Balaban J connectivity index is 1.92. The number of sulfonamides is 1.